The second-order valence-corrected chi connectivity index (χ2v) is 14.8. The zero-order valence-electron chi connectivity index (χ0n) is 35.7. The number of nitrogens with zero attached hydrogens (tertiary/aromatic N) is 11. The van der Waals surface area contributed by atoms with E-state index in [-0.39, 0.29) is 5.28 Å². The van der Waals surface area contributed by atoms with E-state index in [0.29, 0.717) is 28.7 Å². The third-order valence-electron chi connectivity index (χ3n) is 9.97. The number of pyridine rings is 2. The molecule has 0 saturated carbocycles. The third kappa shape index (κ3) is 14.5. The molecule has 2 fully saturated rings. The molecule has 2 unspecified atom stereocenters. The minimum absolute atomic E-state index is 0.133. The lowest BCUT2D eigenvalue weighted by Crippen LogP contribution is -2.46. The summed E-state index contributed by atoms with van der Waals surface area (Å²) in [7, 11) is -1.00. The van der Waals surface area contributed by atoms with Gasteiger partial charge in [-0.2, -0.15) is 10.5 Å². The Kier molecular flexibility index (Phi) is 18.0. The summed E-state index contributed by atoms with van der Waals surface area (Å²) in [5, 5.41) is 22.3. The number of halogens is 2. The van der Waals surface area contributed by atoms with Gasteiger partial charge in [0.15, 0.2) is 0 Å². The van der Waals surface area contributed by atoms with Crippen LogP contribution in [0.1, 0.15) is 58.2 Å². The van der Waals surface area contributed by atoms with Crippen LogP contribution < -0.4 is 10.2 Å². The Morgan fingerprint density at radius 3 is 1.62 bits per heavy atom. The maximum atomic E-state index is 9.96. The van der Waals surface area contributed by atoms with Crippen LogP contribution in [0, 0.1) is 36.5 Å². The smallest absolute Gasteiger partial charge is 0.225 e. The predicted octanol–water partition coefficient (Wildman–Crippen LogP) is 7.32. The Hall–Kier alpha value is -6.22. The van der Waals surface area contributed by atoms with E-state index in [4.69, 9.17) is 23.2 Å². The number of hydrogen-bond donors (Lipinski definition) is 1. The van der Waals surface area contributed by atoms with Crippen molar-refractivity contribution in [2.75, 3.05) is 64.4 Å². The predicted molar refractivity (Wildman–Crippen MR) is 237 cm³/mol. The molecule has 8 rings (SSSR count). The topological polar surface area (TPSA) is 147 Å². The molecule has 4 aromatic heterocycles. The Bertz CT molecular complexity index is 2310. The maximum Gasteiger partial charge on any atom is 0.225 e. The molecule has 314 valence electrons. The number of rotatable bonds is 9. The van der Waals surface area contributed by atoms with Gasteiger partial charge in [0.2, 0.25) is 11.2 Å². The summed E-state index contributed by atoms with van der Waals surface area (Å²) in [6.07, 6.45) is 6.61. The van der Waals surface area contributed by atoms with Gasteiger partial charge in [-0.15, -0.1) is 0 Å². The summed E-state index contributed by atoms with van der Waals surface area (Å²) < 4.78 is 15.5. The number of piperazine rings is 2. The summed E-state index contributed by atoms with van der Waals surface area (Å²) in [6, 6.07) is 36.4. The zero-order valence-corrected chi connectivity index (χ0v) is 35.4. The highest BCUT2D eigenvalue weighted by Crippen LogP contribution is 2.23. The van der Waals surface area contributed by atoms with Crippen molar-refractivity contribution < 1.29 is 5.76 Å². The van der Waals surface area contributed by atoms with Crippen molar-refractivity contribution in [3.05, 3.63) is 172 Å². The fraction of sp³-hybridized carbons (Fsp3) is 0.319. The lowest BCUT2D eigenvalue weighted by atomic mass is 10.0. The molecule has 2 aliphatic heterocycles. The SMILES string of the molecule is Cc1cccc(CN2CCN(c3nccc(C(C#N)c4ccccn4)n3)CC2)c1.Cc1cccc(CN2CCNCC2)c1.N#CC(c1ccccn1)c1ccnc(Cl)n1.[2H]CF. The molecule has 0 radical (unpaired) electrons. The average Bonchev–Trinajstić information content (AvgIpc) is 3.29. The molecule has 0 aliphatic carbocycles. The van der Waals surface area contributed by atoms with Gasteiger partial charge < -0.3 is 10.2 Å². The molecule has 2 aromatic carbocycles. The first-order chi connectivity index (χ1) is 30.3. The summed E-state index contributed by atoms with van der Waals surface area (Å²) in [5.74, 6) is -0.309. The van der Waals surface area contributed by atoms with Crippen LogP contribution in [0.5, 0.6) is 0 Å². The van der Waals surface area contributed by atoms with Gasteiger partial charge in [-0.1, -0.05) is 71.8 Å². The Morgan fingerprint density at radius 2 is 1.15 bits per heavy atom. The fourth-order valence-electron chi connectivity index (χ4n) is 6.96. The monoisotopic (exact) mass is 839 g/mol. The molecule has 2 aliphatic rings. The standard InChI is InChI=1S/C23H24N6.C12H18N2.C11H7ClN4.CH3F/c1-18-5-4-6-19(15-18)17-28-11-13-29(14-12-28)23-26-10-8-22(27-23)20(16-24)21-7-2-3-9-25-21;1-11-3-2-4-12(9-11)10-14-7-5-13-6-8-14;12-11-15-6-4-10(16-11)8(7-13)9-3-1-2-5-14-9;1-2/h2-10,15,20H,11-14,17H2,1H3;2-4,9,13H,5-8,10H2,1H3;1-6,8H;1H3/i;;;1D. The molecule has 0 amide bonds. The van der Waals surface area contributed by atoms with Crippen molar-refractivity contribution in [3.8, 4) is 12.1 Å². The van der Waals surface area contributed by atoms with E-state index in [1.165, 1.54) is 41.5 Å². The molecule has 6 heterocycles. The van der Waals surface area contributed by atoms with Gasteiger partial charge in [0, 0.05) is 90.2 Å². The van der Waals surface area contributed by atoms with Crippen LogP contribution in [0.3, 0.4) is 0 Å². The Morgan fingerprint density at radius 1 is 0.639 bits per heavy atom. The van der Waals surface area contributed by atoms with Gasteiger partial charge in [-0.05, 0) is 73.0 Å². The molecule has 61 heavy (non-hydrogen) atoms. The van der Waals surface area contributed by atoms with Gasteiger partial charge in [-0.25, -0.2) is 19.9 Å². The quantitative estimate of drug-likeness (QED) is 0.146. The van der Waals surface area contributed by atoms with Crippen LogP contribution in [0.4, 0.5) is 10.3 Å². The van der Waals surface area contributed by atoms with Crippen molar-refractivity contribution in [1.29, 1.82) is 10.5 Å². The number of alkyl halides is 1. The van der Waals surface area contributed by atoms with E-state index in [2.05, 4.69) is 119 Å². The fourth-order valence-corrected chi connectivity index (χ4v) is 7.11. The van der Waals surface area contributed by atoms with E-state index < -0.39 is 19.0 Å². The van der Waals surface area contributed by atoms with Gasteiger partial charge in [0.25, 0.3) is 0 Å². The molecule has 0 spiro atoms. The summed E-state index contributed by atoms with van der Waals surface area (Å²) in [4.78, 5) is 32.6. The normalized spacial score (nSPS) is 15.0. The molecule has 14 heteroatoms. The number of hydrogen-bond acceptors (Lipinski definition) is 12. The van der Waals surface area contributed by atoms with Gasteiger partial charge in [0.1, 0.15) is 11.8 Å². The van der Waals surface area contributed by atoms with Crippen LogP contribution in [-0.4, -0.2) is 99.2 Å². The Balaban J connectivity index is 0.000000185. The van der Waals surface area contributed by atoms with Gasteiger partial charge >= 0.3 is 0 Å². The maximum absolute atomic E-state index is 9.96. The van der Waals surface area contributed by atoms with Crippen LogP contribution in [0.2, 0.25) is 5.28 Å². The van der Waals surface area contributed by atoms with Gasteiger partial charge in [-0.3, -0.25) is 24.2 Å². The van der Waals surface area contributed by atoms with Crippen LogP contribution in [0.15, 0.2) is 122 Å². The molecule has 0 bridgehead atoms. The number of benzene rings is 2. The molecule has 2 saturated heterocycles. The number of aromatic nitrogens is 6. The number of nitrogens with one attached hydrogen (secondary N) is 1. The minimum atomic E-state index is -1.00. The van der Waals surface area contributed by atoms with E-state index in [9.17, 15) is 9.65 Å². The third-order valence-corrected chi connectivity index (χ3v) is 10.2. The number of nitriles is 2. The number of anilines is 1. The lowest BCUT2D eigenvalue weighted by molar-refractivity contribution is 0.233. The van der Waals surface area contributed by atoms with Crippen molar-refractivity contribution >= 4 is 17.5 Å². The highest BCUT2D eigenvalue weighted by atomic mass is 35.5. The van der Waals surface area contributed by atoms with E-state index >= 15 is 0 Å². The van der Waals surface area contributed by atoms with Crippen LogP contribution >= 0.6 is 11.6 Å². The van der Waals surface area contributed by atoms with Crippen LogP contribution in [-0.2, 0) is 13.1 Å². The molecule has 1 N–H and O–H groups in total. The number of aryl methyl sites for hydroxylation is 2. The minimum Gasteiger partial charge on any atom is -0.338 e. The van der Waals surface area contributed by atoms with Crippen molar-refractivity contribution in [2.24, 2.45) is 0 Å². The Labute approximate surface area is 365 Å². The van der Waals surface area contributed by atoms with Crippen LogP contribution in [0.25, 0.3) is 0 Å². The molecule has 12 nitrogen and oxygen atoms in total. The summed E-state index contributed by atoms with van der Waals surface area (Å²) >= 11 is 5.68. The van der Waals surface area contributed by atoms with Crippen molar-refractivity contribution in [3.63, 3.8) is 0 Å². The summed E-state index contributed by atoms with van der Waals surface area (Å²) in [5.41, 5.74) is 8.06. The largest absolute Gasteiger partial charge is 0.338 e. The highest BCUT2D eigenvalue weighted by Gasteiger charge is 2.22. The first-order valence-electron chi connectivity index (χ1n) is 20.8. The molecular weight excluding hydrogens is 787 g/mol. The first-order valence-corrected chi connectivity index (χ1v) is 20.5. The van der Waals surface area contributed by atoms with Crippen molar-refractivity contribution in [2.45, 2.75) is 38.8 Å². The van der Waals surface area contributed by atoms with E-state index in [0.717, 1.165) is 52.4 Å². The van der Waals surface area contributed by atoms with E-state index in [1.807, 2.05) is 24.3 Å². The average molecular weight is 840 g/mol. The molecular formula is C47H52ClFN12. The van der Waals surface area contributed by atoms with Gasteiger partial charge in [0.05, 0.1) is 43.4 Å². The molecule has 6 aromatic rings. The molecule has 2 atom stereocenters. The lowest BCUT2D eigenvalue weighted by Gasteiger charge is -2.34. The zero-order chi connectivity index (χ0) is 43.9. The second kappa shape index (κ2) is 24.8. The van der Waals surface area contributed by atoms with E-state index in [1.54, 1.807) is 42.9 Å². The summed E-state index contributed by atoms with van der Waals surface area (Å²) in [6.45, 7) is 14.6. The van der Waals surface area contributed by atoms with Crippen molar-refractivity contribution in [1.82, 2.24) is 45.0 Å². The first kappa shape index (κ1) is 44.3. The highest BCUT2D eigenvalue weighted by molar-refractivity contribution is 6.28. The second-order valence-electron chi connectivity index (χ2n) is 14.4.